The Morgan fingerprint density at radius 1 is 1.08 bits per heavy atom. The summed E-state index contributed by atoms with van der Waals surface area (Å²) < 4.78 is 42.7. The molecule has 0 unspecified atom stereocenters. The van der Waals surface area contributed by atoms with Gasteiger partial charge in [-0.25, -0.2) is 22.5 Å². The minimum absolute atomic E-state index is 0.0423. The van der Waals surface area contributed by atoms with Crippen LogP contribution in [0.2, 0.25) is 0 Å². The van der Waals surface area contributed by atoms with Crippen molar-refractivity contribution in [3.05, 3.63) is 80.3 Å². The first kappa shape index (κ1) is 24.3. The Kier molecular flexibility index (Phi) is 6.02. The zero-order valence-electron chi connectivity index (χ0n) is 20.0. The molecule has 0 spiro atoms. The molecule has 1 saturated carbocycles. The molecule has 6 rings (SSSR count). The van der Waals surface area contributed by atoms with E-state index >= 15 is 0 Å². The number of piperidine rings is 2. The van der Waals surface area contributed by atoms with Gasteiger partial charge in [0, 0.05) is 29.6 Å². The zero-order chi connectivity index (χ0) is 25.8. The largest absolute Gasteiger partial charge is 0.348 e. The van der Waals surface area contributed by atoms with Crippen molar-refractivity contribution in [1.82, 2.24) is 19.8 Å². The Bertz CT molecular complexity index is 1460. The summed E-state index contributed by atoms with van der Waals surface area (Å²) in [6.45, 7) is 2.04. The summed E-state index contributed by atoms with van der Waals surface area (Å²) in [7, 11) is 1.95. The van der Waals surface area contributed by atoms with Gasteiger partial charge in [0.15, 0.2) is 0 Å². The Morgan fingerprint density at radius 2 is 1.75 bits per heavy atom. The molecule has 7 nitrogen and oxygen atoms in total. The number of halogens is 3. The molecule has 3 aliphatic rings. The van der Waals surface area contributed by atoms with Gasteiger partial charge in [0.2, 0.25) is 5.91 Å². The van der Waals surface area contributed by atoms with E-state index in [0.29, 0.717) is 25.4 Å². The van der Waals surface area contributed by atoms with Crippen LogP contribution in [0.1, 0.15) is 50.3 Å². The number of benzene rings is 2. The van der Waals surface area contributed by atoms with E-state index in [9.17, 15) is 27.6 Å². The number of nitrogens with zero attached hydrogens (tertiary/aromatic N) is 2. The fourth-order valence-corrected chi connectivity index (χ4v) is 6.09. The second-order valence-corrected chi connectivity index (χ2v) is 10.1. The molecule has 2 aliphatic heterocycles. The van der Waals surface area contributed by atoms with Crippen LogP contribution >= 0.6 is 0 Å². The van der Waals surface area contributed by atoms with Crippen LogP contribution in [-0.2, 0) is 4.79 Å². The fraction of sp³-hybridized carbons (Fsp3) is 0.423. The van der Waals surface area contributed by atoms with Crippen LogP contribution < -0.4 is 16.6 Å². The maximum absolute atomic E-state index is 14.4. The van der Waals surface area contributed by atoms with Crippen LogP contribution in [0.25, 0.3) is 10.9 Å². The lowest BCUT2D eigenvalue weighted by atomic mass is 9.63. The van der Waals surface area contributed by atoms with E-state index in [-0.39, 0.29) is 16.5 Å². The molecule has 1 amide bonds. The summed E-state index contributed by atoms with van der Waals surface area (Å²) in [5.41, 5.74) is -2.02. The number of fused-ring (bicyclic) bond motifs is 4. The summed E-state index contributed by atoms with van der Waals surface area (Å²) in [5, 5.41) is 2.71. The van der Waals surface area contributed by atoms with Crippen molar-refractivity contribution in [3.8, 4) is 0 Å². The third-order valence-corrected chi connectivity index (χ3v) is 7.90. The molecule has 2 atom stereocenters. The maximum atomic E-state index is 14.4. The number of hydrogen-bond acceptors (Lipinski definition) is 4. The number of amides is 1. The quantitative estimate of drug-likeness (QED) is 0.562. The third-order valence-electron chi connectivity index (χ3n) is 7.90. The van der Waals surface area contributed by atoms with E-state index in [1.807, 2.05) is 7.05 Å². The van der Waals surface area contributed by atoms with Crippen LogP contribution in [0, 0.1) is 22.9 Å². The number of carbonyl (C=O) groups excluding carboxylic acids is 1. The van der Waals surface area contributed by atoms with Gasteiger partial charge >= 0.3 is 5.69 Å². The predicted molar refractivity (Wildman–Crippen MR) is 128 cm³/mol. The van der Waals surface area contributed by atoms with Gasteiger partial charge in [0.05, 0.1) is 16.9 Å². The number of rotatable bonds is 5. The summed E-state index contributed by atoms with van der Waals surface area (Å²) in [4.78, 5) is 45.5. The van der Waals surface area contributed by atoms with Gasteiger partial charge in [0.25, 0.3) is 5.56 Å². The Balaban J connectivity index is 1.63. The first-order valence-electron chi connectivity index (χ1n) is 12.0. The molecular weight excluding hydrogens is 473 g/mol. The van der Waals surface area contributed by atoms with Gasteiger partial charge in [-0.1, -0.05) is 6.07 Å². The van der Waals surface area contributed by atoms with Crippen LogP contribution in [0.4, 0.5) is 13.2 Å². The lowest BCUT2D eigenvalue weighted by Crippen LogP contribution is -2.61. The Hall–Kier alpha value is -3.40. The van der Waals surface area contributed by atoms with Gasteiger partial charge in [0.1, 0.15) is 23.5 Å². The molecule has 10 heteroatoms. The van der Waals surface area contributed by atoms with Crippen molar-refractivity contribution in [1.29, 1.82) is 0 Å². The highest BCUT2D eigenvalue weighted by atomic mass is 19.1. The first-order chi connectivity index (χ1) is 17.1. The van der Waals surface area contributed by atoms with Gasteiger partial charge < -0.3 is 15.2 Å². The van der Waals surface area contributed by atoms with Crippen molar-refractivity contribution in [3.63, 3.8) is 0 Å². The molecule has 3 aromatic rings. The molecule has 190 valence electrons. The normalized spacial score (nSPS) is 23.5. The number of aromatic nitrogens is 2. The van der Waals surface area contributed by atoms with Crippen molar-refractivity contribution in [2.45, 2.75) is 50.7 Å². The lowest BCUT2D eigenvalue weighted by molar-refractivity contribution is -0.135. The molecule has 2 N–H and O–H groups in total. The molecule has 3 fully saturated rings. The van der Waals surface area contributed by atoms with E-state index < -0.39 is 52.1 Å². The number of H-pyrrole nitrogens is 1. The lowest BCUT2D eigenvalue weighted by Gasteiger charge is -2.54. The van der Waals surface area contributed by atoms with Crippen LogP contribution in [0.3, 0.4) is 0 Å². The third kappa shape index (κ3) is 4.03. The Morgan fingerprint density at radius 3 is 2.42 bits per heavy atom. The topological polar surface area (TPSA) is 87.2 Å². The van der Waals surface area contributed by atoms with Crippen molar-refractivity contribution < 1.29 is 18.0 Å². The van der Waals surface area contributed by atoms with E-state index in [4.69, 9.17) is 0 Å². The van der Waals surface area contributed by atoms with Crippen molar-refractivity contribution in [2.24, 2.45) is 5.41 Å². The minimum Gasteiger partial charge on any atom is -0.348 e. The van der Waals surface area contributed by atoms with Gasteiger partial charge in [-0.15, -0.1) is 0 Å². The fourth-order valence-electron chi connectivity index (χ4n) is 6.09. The van der Waals surface area contributed by atoms with Crippen molar-refractivity contribution in [2.75, 3.05) is 13.6 Å². The molecule has 36 heavy (non-hydrogen) atoms. The summed E-state index contributed by atoms with van der Waals surface area (Å²) >= 11 is 0. The summed E-state index contributed by atoms with van der Waals surface area (Å²) in [6, 6.07) is 4.87. The number of aromatic amines is 1. The second-order valence-electron chi connectivity index (χ2n) is 10.1. The number of carbonyl (C=O) groups is 1. The average molecular weight is 501 g/mol. The molecule has 3 heterocycles. The smallest absolute Gasteiger partial charge is 0.329 e. The summed E-state index contributed by atoms with van der Waals surface area (Å²) in [5.74, 6) is -2.82. The SMILES string of the molecule is C[C@@H](NC(=O)[C@H](n1c(=O)[nH]c2ccc(F)cc2c1=O)C12CCC(CC1)N(C)C2)c1ccc(F)cc1F. The molecule has 2 saturated heterocycles. The number of hydrogen-bond donors (Lipinski definition) is 2. The predicted octanol–water partition coefficient (Wildman–Crippen LogP) is 3.40. The first-order valence-corrected chi connectivity index (χ1v) is 12.0. The second kappa shape index (κ2) is 8.92. The van der Waals surface area contributed by atoms with Crippen molar-refractivity contribution >= 4 is 16.8 Å². The molecular formula is C26H27F3N4O3. The van der Waals surface area contributed by atoms with Gasteiger partial charge in [-0.3, -0.25) is 9.59 Å². The molecule has 0 radical (unpaired) electrons. The van der Waals surface area contributed by atoms with E-state index in [1.54, 1.807) is 6.92 Å². The van der Waals surface area contributed by atoms with E-state index in [1.165, 1.54) is 12.1 Å². The van der Waals surface area contributed by atoms with E-state index in [0.717, 1.165) is 41.7 Å². The average Bonchev–Trinajstić information content (AvgIpc) is 2.82. The van der Waals surface area contributed by atoms with E-state index in [2.05, 4.69) is 15.2 Å². The molecule has 1 aromatic heterocycles. The van der Waals surface area contributed by atoms with Crippen LogP contribution in [0.5, 0.6) is 0 Å². The van der Waals surface area contributed by atoms with Crippen LogP contribution in [-0.4, -0.2) is 40.0 Å². The molecule has 2 aromatic carbocycles. The number of nitrogens with one attached hydrogen (secondary N) is 2. The highest BCUT2D eigenvalue weighted by molar-refractivity contribution is 5.83. The highest BCUT2D eigenvalue weighted by Gasteiger charge is 2.52. The molecule has 1 aliphatic carbocycles. The standard InChI is InChI=1S/C26H27F3N4O3/c1-14(18-5-3-16(28)12-20(18)29)30-23(34)22(26-9-7-17(8-10-26)32(2)13-26)33-24(35)19-11-15(27)4-6-21(19)31-25(33)36/h3-6,11-12,14,17,22H,7-10,13H2,1-2H3,(H,30,34)(H,31,36)/t14-,17?,22+,26?/m1/s1. The molecule has 2 bridgehead atoms. The minimum atomic E-state index is -1.21. The summed E-state index contributed by atoms with van der Waals surface area (Å²) in [6.07, 6.45) is 2.84. The zero-order valence-corrected chi connectivity index (χ0v) is 20.0. The Labute approximate surface area is 204 Å². The van der Waals surface area contributed by atoms with Gasteiger partial charge in [-0.05, 0) is 63.9 Å². The monoisotopic (exact) mass is 500 g/mol. The highest BCUT2D eigenvalue weighted by Crippen LogP contribution is 2.50. The van der Waals surface area contributed by atoms with Crippen LogP contribution in [0.15, 0.2) is 46.0 Å². The maximum Gasteiger partial charge on any atom is 0.329 e. The van der Waals surface area contributed by atoms with Gasteiger partial charge in [-0.2, -0.15) is 0 Å².